The summed E-state index contributed by atoms with van der Waals surface area (Å²) in [6, 6.07) is 6.80. The number of thiophene rings is 1. The quantitative estimate of drug-likeness (QED) is 0.929. The molecule has 2 rings (SSSR count). The Balaban J connectivity index is 2.17. The lowest BCUT2D eigenvalue weighted by Crippen LogP contribution is -2.03. The zero-order valence-electron chi connectivity index (χ0n) is 9.02. The lowest BCUT2D eigenvalue weighted by atomic mass is 10.2. The molecule has 0 radical (unpaired) electrons. The highest BCUT2D eigenvalue weighted by atomic mass is 35.5. The molecule has 1 heterocycles. The van der Waals surface area contributed by atoms with Crippen LogP contribution in [0, 0.1) is 5.82 Å². The van der Waals surface area contributed by atoms with Gasteiger partial charge in [-0.05, 0) is 24.3 Å². The van der Waals surface area contributed by atoms with E-state index in [4.69, 9.17) is 21.4 Å². The molecule has 1 N–H and O–H groups in total. The van der Waals surface area contributed by atoms with E-state index in [1.807, 2.05) is 0 Å². The molecule has 0 aliphatic rings. The topological polar surface area (TPSA) is 46.5 Å². The van der Waals surface area contributed by atoms with Crippen molar-refractivity contribution < 1.29 is 19.0 Å². The monoisotopic (exact) mass is 286 g/mol. The molecule has 0 amide bonds. The van der Waals surface area contributed by atoms with Crippen molar-refractivity contribution in [1.82, 2.24) is 0 Å². The molecule has 6 heteroatoms. The lowest BCUT2D eigenvalue weighted by molar-refractivity contribution is 0.0691. The Morgan fingerprint density at radius 2 is 2.17 bits per heavy atom. The summed E-state index contributed by atoms with van der Waals surface area (Å²) in [6.45, 7) is 0.154. The molecule has 0 spiro atoms. The molecule has 0 atom stereocenters. The summed E-state index contributed by atoms with van der Waals surface area (Å²) >= 11 is 7.08. The van der Waals surface area contributed by atoms with Crippen molar-refractivity contribution in [2.45, 2.75) is 6.61 Å². The Kier molecular flexibility index (Phi) is 3.84. The Hall–Kier alpha value is -1.59. The normalized spacial score (nSPS) is 10.3. The summed E-state index contributed by atoms with van der Waals surface area (Å²) in [4.78, 5) is 11.8. The summed E-state index contributed by atoms with van der Waals surface area (Å²) in [5, 5.41) is 8.94. The van der Waals surface area contributed by atoms with Crippen LogP contribution in [-0.4, -0.2) is 11.1 Å². The third kappa shape index (κ3) is 3.00. The Morgan fingerprint density at radius 3 is 2.78 bits per heavy atom. The zero-order chi connectivity index (χ0) is 13.1. The molecular weight excluding hydrogens is 279 g/mol. The number of carbonyl (C=O) groups is 1. The summed E-state index contributed by atoms with van der Waals surface area (Å²) in [6.07, 6.45) is 0. The number of ether oxygens (including phenoxy) is 1. The first-order valence-corrected chi connectivity index (χ1v) is 6.15. The van der Waals surface area contributed by atoms with Gasteiger partial charge in [-0.2, -0.15) is 0 Å². The Labute approximate surface area is 111 Å². The van der Waals surface area contributed by atoms with E-state index in [-0.39, 0.29) is 17.9 Å². The molecule has 1 aromatic heterocycles. The molecule has 0 fully saturated rings. The van der Waals surface area contributed by atoms with Crippen LogP contribution in [0.4, 0.5) is 4.39 Å². The predicted octanol–water partition coefficient (Wildman–Crippen LogP) is 3.82. The third-order valence-corrected chi connectivity index (χ3v) is 3.38. The van der Waals surface area contributed by atoms with E-state index in [1.165, 1.54) is 17.4 Å². The minimum atomic E-state index is -1.16. The number of rotatable bonds is 4. The minimum Gasteiger partial charge on any atom is -0.487 e. The van der Waals surface area contributed by atoms with Gasteiger partial charge in [0.2, 0.25) is 0 Å². The van der Waals surface area contributed by atoms with E-state index < -0.39 is 11.8 Å². The number of carboxylic acid groups (broad SMARTS) is 1. The second-order valence-electron chi connectivity index (χ2n) is 3.44. The Morgan fingerprint density at radius 1 is 1.39 bits per heavy atom. The average Bonchev–Trinajstić information content (AvgIpc) is 2.72. The molecule has 0 aliphatic carbocycles. The number of hydrogen-bond acceptors (Lipinski definition) is 3. The first-order chi connectivity index (χ1) is 8.56. The number of hydrogen-bond donors (Lipinski definition) is 1. The molecule has 18 heavy (non-hydrogen) atoms. The second-order valence-corrected chi connectivity index (χ2v) is 5.24. The van der Waals surface area contributed by atoms with Gasteiger partial charge in [0, 0.05) is 10.9 Å². The largest absolute Gasteiger partial charge is 0.487 e. The first kappa shape index (κ1) is 12.9. The predicted molar refractivity (Wildman–Crippen MR) is 67.0 cm³/mol. The van der Waals surface area contributed by atoms with E-state index in [1.54, 1.807) is 12.1 Å². The maximum absolute atomic E-state index is 13.0. The van der Waals surface area contributed by atoms with Crippen molar-refractivity contribution in [2.24, 2.45) is 0 Å². The summed E-state index contributed by atoms with van der Waals surface area (Å²) in [5.41, 5.74) is -0.0703. The van der Waals surface area contributed by atoms with Crippen LogP contribution < -0.4 is 4.74 Å². The molecule has 0 bridgehead atoms. The van der Waals surface area contributed by atoms with E-state index in [0.29, 0.717) is 4.34 Å². The van der Waals surface area contributed by atoms with Crippen LogP contribution in [0.25, 0.3) is 0 Å². The summed E-state index contributed by atoms with van der Waals surface area (Å²) in [7, 11) is 0. The van der Waals surface area contributed by atoms with Gasteiger partial charge >= 0.3 is 5.97 Å². The smallest absolute Gasteiger partial charge is 0.339 e. The van der Waals surface area contributed by atoms with Gasteiger partial charge in [0.15, 0.2) is 0 Å². The van der Waals surface area contributed by atoms with Gasteiger partial charge in [-0.1, -0.05) is 11.6 Å². The SMILES string of the molecule is O=C(O)c1ccc(F)cc1OCc1ccc(Cl)s1. The molecule has 94 valence electrons. The van der Waals surface area contributed by atoms with Crippen LogP contribution >= 0.6 is 22.9 Å². The average molecular weight is 287 g/mol. The standard InChI is InChI=1S/C12H8ClFO3S/c13-11-4-2-8(18-11)6-17-10-5-7(14)1-3-9(10)12(15)16/h1-5H,6H2,(H,15,16). The van der Waals surface area contributed by atoms with Crippen LogP contribution in [0.1, 0.15) is 15.2 Å². The molecule has 2 aromatic rings. The van der Waals surface area contributed by atoms with Gasteiger partial charge in [-0.25, -0.2) is 9.18 Å². The fourth-order valence-corrected chi connectivity index (χ4v) is 2.37. The lowest BCUT2D eigenvalue weighted by Gasteiger charge is -2.07. The minimum absolute atomic E-state index is 0.00650. The van der Waals surface area contributed by atoms with Crippen LogP contribution in [0.3, 0.4) is 0 Å². The van der Waals surface area contributed by atoms with Crippen LogP contribution in [0.5, 0.6) is 5.75 Å². The molecule has 0 unspecified atom stereocenters. The van der Waals surface area contributed by atoms with Crippen LogP contribution in [-0.2, 0) is 6.61 Å². The number of benzene rings is 1. The molecule has 1 aromatic carbocycles. The van der Waals surface area contributed by atoms with Gasteiger partial charge in [0.05, 0.1) is 4.34 Å². The number of carboxylic acids is 1. The van der Waals surface area contributed by atoms with E-state index >= 15 is 0 Å². The van der Waals surface area contributed by atoms with Crippen molar-refractivity contribution in [3.05, 3.63) is 50.9 Å². The Bertz CT molecular complexity index is 582. The molecule has 3 nitrogen and oxygen atoms in total. The maximum Gasteiger partial charge on any atom is 0.339 e. The van der Waals surface area contributed by atoms with Crippen molar-refractivity contribution in [3.8, 4) is 5.75 Å². The number of aromatic carboxylic acids is 1. The van der Waals surface area contributed by atoms with Crippen LogP contribution in [0.2, 0.25) is 4.34 Å². The number of halogens is 2. The van der Waals surface area contributed by atoms with Gasteiger partial charge in [-0.3, -0.25) is 0 Å². The highest BCUT2D eigenvalue weighted by molar-refractivity contribution is 7.16. The van der Waals surface area contributed by atoms with E-state index in [0.717, 1.165) is 17.0 Å². The van der Waals surface area contributed by atoms with Crippen LogP contribution in [0.15, 0.2) is 30.3 Å². The van der Waals surface area contributed by atoms with E-state index in [2.05, 4.69) is 0 Å². The second kappa shape index (κ2) is 5.37. The van der Waals surface area contributed by atoms with Crippen molar-refractivity contribution in [3.63, 3.8) is 0 Å². The highest BCUT2D eigenvalue weighted by Gasteiger charge is 2.12. The molecule has 0 saturated carbocycles. The van der Waals surface area contributed by atoms with Gasteiger partial charge in [0.25, 0.3) is 0 Å². The van der Waals surface area contributed by atoms with Gasteiger partial charge in [-0.15, -0.1) is 11.3 Å². The summed E-state index contributed by atoms with van der Waals surface area (Å²) < 4.78 is 19.0. The van der Waals surface area contributed by atoms with Gasteiger partial charge in [0.1, 0.15) is 23.7 Å². The maximum atomic E-state index is 13.0. The fraction of sp³-hybridized carbons (Fsp3) is 0.0833. The fourth-order valence-electron chi connectivity index (χ4n) is 1.37. The third-order valence-electron chi connectivity index (χ3n) is 2.17. The molecule has 0 aliphatic heterocycles. The highest BCUT2D eigenvalue weighted by Crippen LogP contribution is 2.25. The first-order valence-electron chi connectivity index (χ1n) is 4.96. The van der Waals surface area contributed by atoms with Crippen molar-refractivity contribution in [2.75, 3.05) is 0 Å². The summed E-state index contributed by atoms with van der Waals surface area (Å²) in [5.74, 6) is -1.69. The molecule has 0 saturated heterocycles. The van der Waals surface area contributed by atoms with Crippen molar-refractivity contribution >= 4 is 28.9 Å². The van der Waals surface area contributed by atoms with Gasteiger partial charge < -0.3 is 9.84 Å². The molecular formula is C12H8ClFO3S. The van der Waals surface area contributed by atoms with Crippen molar-refractivity contribution in [1.29, 1.82) is 0 Å². The van der Waals surface area contributed by atoms with E-state index in [9.17, 15) is 9.18 Å². The zero-order valence-corrected chi connectivity index (χ0v) is 10.6.